The molecule has 8 heteroatoms. The fourth-order valence-electron chi connectivity index (χ4n) is 6.74. The molecule has 0 aromatic carbocycles. The quantitative estimate of drug-likeness (QED) is 0.0204. The molecule has 0 aromatic rings. The van der Waals surface area contributed by atoms with E-state index in [4.69, 9.17) is 0 Å². The Morgan fingerprint density at radius 1 is 0.553 bits per heavy atom. The number of nitrogens with zero attached hydrogens (tertiary/aromatic N) is 1. The first-order valence-electron chi connectivity index (χ1n) is 19.6. The Labute approximate surface area is 290 Å². The summed E-state index contributed by atoms with van der Waals surface area (Å²) < 4.78 is 12.3. The van der Waals surface area contributed by atoms with Crippen molar-refractivity contribution in [3.05, 3.63) is 12.2 Å². The number of carbonyl (C=O) groups is 2. The summed E-state index contributed by atoms with van der Waals surface area (Å²) >= 11 is 0. The molecule has 0 aromatic heterocycles. The van der Waals surface area contributed by atoms with Crippen LogP contribution in [0.3, 0.4) is 0 Å². The zero-order valence-corrected chi connectivity index (χ0v) is 32.4. The average molecular weight is 687 g/mol. The minimum Gasteiger partial charge on any atom is -0.370 e. The molecule has 0 aliphatic rings. The largest absolute Gasteiger partial charge is 0.386 e. The molecule has 0 rings (SSSR count). The SMILES string of the molecule is CCCCCCCC/C=C\CCCCCCCC(=O)C(O)(C(=O)CCCCCCCCCCCCCCC)C([N+](C)(C)C)P(=O)(O)O. The zero-order chi connectivity index (χ0) is 35.4. The van der Waals surface area contributed by atoms with Crippen LogP contribution in [0.5, 0.6) is 0 Å². The molecule has 0 spiro atoms. The first kappa shape index (κ1) is 46.1. The van der Waals surface area contributed by atoms with E-state index in [-0.39, 0.29) is 17.3 Å². The Hall–Kier alpha value is -0.850. The second kappa shape index (κ2) is 27.9. The number of ketones is 2. The van der Waals surface area contributed by atoms with Gasteiger partial charge in [0.1, 0.15) is 0 Å². The van der Waals surface area contributed by atoms with Gasteiger partial charge >= 0.3 is 7.60 Å². The molecule has 0 radical (unpaired) electrons. The summed E-state index contributed by atoms with van der Waals surface area (Å²) in [5, 5.41) is 11.7. The van der Waals surface area contributed by atoms with Crippen LogP contribution in [0.1, 0.15) is 194 Å². The van der Waals surface area contributed by atoms with Gasteiger partial charge in [-0.1, -0.05) is 154 Å². The lowest BCUT2D eigenvalue weighted by molar-refractivity contribution is -0.887. The van der Waals surface area contributed by atoms with Crippen LogP contribution in [0.25, 0.3) is 0 Å². The van der Waals surface area contributed by atoms with E-state index in [9.17, 15) is 29.0 Å². The summed E-state index contributed by atoms with van der Waals surface area (Å²) in [5.41, 5.74) is -2.70. The van der Waals surface area contributed by atoms with Gasteiger partial charge in [0.2, 0.25) is 11.4 Å². The predicted molar refractivity (Wildman–Crippen MR) is 199 cm³/mol. The van der Waals surface area contributed by atoms with Crippen molar-refractivity contribution in [1.29, 1.82) is 0 Å². The maximum atomic E-state index is 13.5. The van der Waals surface area contributed by atoms with Crippen molar-refractivity contribution in [1.82, 2.24) is 0 Å². The van der Waals surface area contributed by atoms with Crippen LogP contribution >= 0.6 is 7.60 Å². The number of quaternary nitrogens is 1. The van der Waals surface area contributed by atoms with Crippen LogP contribution in [0.4, 0.5) is 0 Å². The van der Waals surface area contributed by atoms with Gasteiger partial charge < -0.3 is 19.4 Å². The number of aliphatic hydroxyl groups is 1. The number of unbranched alkanes of at least 4 members (excludes halogenated alkanes) is 23. The molecule has 7 nitrogen and oxygen atoms in total. The highest BCUT2D eigenvalue weighted by molar-refractivity contribution is 7.52. The van der Waals surface area contributed by atoms with E-state index < -0.39 is 30.5 Å². The Bertz CT molecular complexity index is 864. The Balaban J connectivity index is 4.66. The van der Waals surface area contributed by atoms with Crippen molar-refractivity contribution in [2.75, 3.05) is 21.1 Å². The molecule has 0 saturated heterocycles. The highest BCUT2D eigenvalue weighted by Crippen LogP contribution is 2.50. The monoisotopic (exact) mass is 687 g/mol. The molecule has 0 saturated carbocycles. The number of hydrogen-bond donors (Lipinski definition) is 3. The third kappa shape index (κ3) is 22.5. The van der Waals surface area contributed by atoms with Crippen molar-refractivity contribution in [3.63, 3.8) is 0 Å². The third-order valence-corrected chi connectivity index (χ3v) is 11.2. The molecule has 47 heavy (non-hydrogen) atoms. The summed E-state index contributed by atoms with van der Waals surface area (Å²) in [5.74, 6) is -3.34. The predicted octanol–water partition coefficient (Wildman–Crippen LogP) is 10.6. The average Bonchev–Trinajstić information content (AvgIpc) is 2.99. The topological polar surface area (TPSA) is 112 Å². The molecule has 0 aliphatic heterocycles. The fraction of sp³-hybridized carbons (Fsp3) is 0.897. The number of Topliss-reactive ketones (excluding diaryl/α,β-unsaturated/α-hetero) is 2. The Morgan fingerprint density at radius 3 is 1.11 bits per heavy atom. The van der Waals surface area contributed by atoms with E-state index in [1.54, 1.807) is 0 Å². The maximum Gasteiger partial charge on any atom is 0.386 e. The molecule has 0 fully saturated rings. The molecule has 0 bridgehead atoms. The fourth-order valence-corrected chi connectivity index (χ4v) is 8.42. The lowest BCUT2D eigenvalue weighted by Crippen LogP contribution is -2.65. The number of carbonyl (C=O) groups excluding carboxylic acids is 2. The van der Waals surface area contributed by atoms with Gasteiger partial charge in [-0.25, -0.2) is 0 Å². The van der Waals surface area contributed by atoms with Crippen molar-refractivity contribution >= 4 is 19.2 Å². The molecule has 0 aliphatic carbocycles. The van der Waals surface area contributed by atoms with Gasteiger partial charge in [-0.3, -0.25) is 14.2 Å². The molecular formula is C39H77NO6P+. The second-order valence-corrected chi connectivity index (χ2v) is 16.7. The number of hydrogen-bond acceptors (Lipinski definition) is 4. The molecular weight excluding hydrogens is 609 g/mol. The maximum absolute atomic E-state index is 13.5. The van der Waals surface area contributed by atoms with Crippen LogP contribution in [0.2, 0.25) is 0 Å². The summed E-state index contributed by atoms with van der Waals surface area (Å²) in [6, 6.07) is 0. The first-order chi connectivity index (χ1) is 22.3. The van der Waals surface area contributed by atoms with Gasteiger partial charge in [0.25, 0.3) is 0 Å². The molecule has 0 heterocycles. The van der Waals surface area contributed by atoms with Gasteiger partial charge in [-0.15, -0.1) is 0 Å². The standard InChI is InChI=1S/C39H76NO6P/c1-6-8-10-12-14-16-18-20-21-23-25-27-29-31-33-35-37(42)39(43,38(40(3,4)5)47(44,45)46)36(41)34-32-30-28-26-24-22-19-17-15-13-11-9-7-2/h20-21,38,43H,6-19,22-35H2,1-5H3,(H-,44,45,46)/p+1/b21-20-. The van der Waals surface area contributed by atoms with Gasteiger partial charge in [-0.2, -0.15) is 0 Å². The van der Waals surface area contributed by atoms with Crippen LogP contribution in [0, 0.1) is 0 Å². The molecule has 0 amide bonds. The second-order valence-electron chi connectivity index (χ2n) is 15.0. The van der Waals surface area contributed by atoms with Crippen molar-refractivity contribution in [2.24, 2.45) is 0 Å². The van der Waals surface area contributed by atoms with Gasteiger partial charge in [0.15, 0.2) is 11.6 Å². The minimum absolute atomic E-state index is 0.0527. The van der Waals surface area contributed by atoms with Crippen LogP contribution in [0.15, 0.2) is 12.2 Å². The Kier molecular flexibility index (Phi) is 27.4. The third-order valence-electron chi connectivity index (χ3n) is 9.45. The van der Waals surface area contributed by atoms with Gasteiger partial charge in [0, 0.05) is 12.8 Å². The summed E-state index contributed by atoms with van der Waals surface area (Å²) in [7, 11) is -0.450. The van der Waals surface area contributed by atoms with Gasteiger partial charge in [0.05, 0.1) is 21.1 Å². The van der Waals surface area contributed by atoms with E-state index in [2.05, 4.69) is 26.0 Å². The number of likely N-dealkylation sites (N-methyl/N-ethyl adjacent to an activating group) is 1. The Morgan fingerprint density at radius 2 is 0.830 bits per heavy atom. The smallest absolute Gasteiger partial charge is 0.370 e. The minimum atomic E-state index is -5.00. The summed E-state index contributed by atoms with van der Waals surface area (Å²) in [6.45, 7) is 4.48. The lowest BCUT2D eigenvalue weighted by Gasteiger charge is -2.42. The van der Waals surface area contributed by atoms with E-state index in [0.29, 0.717) is 12.8 Å². The van der Waals surface area contributed by atoms with E-state index in [1.165, 1.54) is 117 Å². The van der Waals surface area contributed by atoms with Crippen molar-refractivity contribution in [3.8, 4) is 0 Å². The van der Waals surface area contributed by atoms with E-state index >= 15 is 0 Å². The van der Waals surface area contributed by atoms with Crippen LogP contribution < -0.4 is 0 Å². The van der Waals surface area contributed by atoms with Crippen LogP contribution in [-0.2, 0) is 14.2 Å². The zero-order valence-electron chi connectivity index (χ0n) is 31.5. The number of rotatable bonds is 34. The number of allylic oxidation sites excluding steroid dienone is 2. The highest BCUT2D eigenvalue weighted by atomic mass is 31.2. The van der Waals surface area contributed by atoms with Crippen molar-refractivity contribution in [2.45, 2.75) is 205 Å². The first-order valence-corrected chi connectivity index (χ1v) is 21.3. The van der Waals surface area contributed by atoms with Crippen molar-refractivity contribution < 1.29 is 33.5 Å². The molecule has 2 unspecified atom stereocenters. The highest BCUT2D eigenvalue weighted by Gasteiger charge is 2.63. The molecule has 3 N–H and O–H groups in total. The summed E-state index contributed by atoms with van der Waals surface area (Å²) in [6.07, 6.45) is 33.8. The summed E-state index contributed by atoms with van der Waals surface area (Å²) in [4.78, 5) is 47.5. The van der Waals surface area contributed by atoms with Gasteiger partial charge in [-0.05, 0) is 38.5 Å². The lowest BCUT2D eigenvalue weighted by atomic mass is 9.85. The molecule has 2 atom stereocenters. The van der Waals surface area contributed by atoms with E-state index in [1.807, 2.05) is 0 Å². The van der Waals surface area contributed by atoms with E-state index in [0.717, 1.165) is 57.8 Å². The molecule has 278 valence electrons. The normalized spacial score (nSPS) is 14.5. The van der Waals surface area contributed by atoms with Crippen LogP contribution in [-0.4, -0.2) is 63.5 Å².